The number of urea groups is 1. The number of amidine groups is 1. The van der Waals surface area contributed by atoms with Crippen LogP contribution in [0.4, 0.5) is 4.79 Å². The molecule has 1 unspecified atom stereocenters. The van der Waals surface area contributed by atoms with E-state index in [1.54, 1.807) is 48.1 Å². The minimum absolute atomic E-state index is 0.0165. The molecular formula is C37H46Cl2N6O8S. The van der Waals surface area contributed by atoms with Crippen molar-refractivity contribution in [1.82, 2.24) is 24.5 Å². The third-order valence-corrected chi connectivity index (χ3v) is 11.4. The molecule has 0 bridgehead atoms. The summed E-state index contributed by atoms with van der Waals surface area (Å²) < 4.78 is 45.0. The van der Waals surface area contributed by atoms with Crippen molar-refractivity contribution in [3.05, 3.63) is 87.4 Å². The number of halogens is 2. The van der Waals surface area contributed by atoms with E-state index < -0.39 is 22.1 Å². The van der Waals surface area contributed by atoms with E-state index in [1.807, 2.05) is 36.1 Å². The third kappa shape index (κ3) is 9.11. The van der Waals surface area contributed by atoms with Crippen LogP contribution in [0.1, 0.15) is 42.6 Å². The zero-order valence-electron chi connectivity index (χ0n) is 31.1. The van der Waals surface area contributed by atoms with Gasteiger partial charge in [0.2, 0.25) is 5.91 Å². The zero-order valence-corrected chi connectivity index (χ0v) is 33.4. The van der Waals surface area contributed by atoms with Crippen molar-refractivity contribution < 1.29 is 37.1 Å². The Bertz CT molecular complexity index is 1930. The zero-order chi connectivity index (χ0) is 39.2. The summed E-state index contributed by atoms with van der Waals surface area (Å²) in [5.41, 5.74) is 1.76. The van der Waals surface area contributed by atoms with Gasteiger partial charge < -0.3 is 24.4 Å². The van der Waals surface area contributed by atoms with Crippen LogP contribution in [0.2, 0.25) is 10.0 Å². The Hall–Kier alpha value is -3.96. The summed E-state index contributed by atoms with van der Waals surface area (Å²) in [7, 11) is 1.19. The van der Waals surface area contributed by atoms with Gasteiger partial charge in [-0.2, -0.15) is 0 Å². The first-order chi connectivity index (χ1) is 25.8. The molecule has 2 aliphatic heterocycles. The summed E-state index contributed by atoms with van der Waals surface area (Å²) in [5.74, 6) is 0.337. The fraction of sp³-hybridized carbons (Fsp3) is 0.432. The van der Waals surface area contributed by atoms with Crippen LogP contribution in [0.3, 0.4) is 0 Å². The standard InChI is InChI=1S/C37H46Cl2N6O8S/c1-7-53-30-21-31(51-5)32(54(48,49)42(3)52-6)20-29(30)36-41-34(25-8-12-27(38)13-9-25)35(26-10-14-28(39)15-11-26)45(36)37(47)44-18-16-43(17-19-44)22-33(46)40-24(2)23-50-4/h8-15,20-21,24,34-35H,7,16-19,22-23H2,1-6H3,(H,40,46)/t24?,34-,35+/m0/s1. The number of sulfonamides is 1. The number of aliphatic imine (C=N–C) groups is 1. The van der Waals surface area contributed by atoms with E-state index in [9.17, 15) is 13.2 Å². The summed E-state index contributed by atoms with van der Waals surface area (Å²) in [6.07, 6.45) is 0. The van der Waals surface area contributed by atoms with E-state index in [4.69, 9.17) is 47.2 Å². The molecule has 54 heavy (non-hydrogen) atoms. The van der Waals surface area contributed by atoms with E-state index in [2.05, 4.69) is 5.32 Å². The second-order valence-electron chi connectivity index (χ2n) is 12.8. The molecule has 17 heteroatoms. The summed E-state index contributed by atoms with van der Waals surface area (Å²) in [5, 5.41) is 3.98. The van der Waals surface area contributed by atoms with Gasteiger partial charge in [0.1, 0.15) is 28.3 Å². The van der Waals surface area contributed by atoms with Crippen molar-refractivity contribution in [3.63, 3.8) is 0 Å². The van der Waals surface area contributed by atoms with Gasteiger partial charge in [0.25, 0.3) is 10.0 Å². The molecule has 3 aromatic rings. The fourth-order valence-corrected chi connectivity index (χ4v) is 7.90. The number of rotatable bonds is 14. The molecule has 2 heterocycles. The van der Waals surface area contributed by atoms with Crippen LogP contribution in [-0.2, 0) is 24.4 Å². The number of piperazine rings is 1. The molecular weight excluding hydrogens is 759 g/mol. The molecule has 1 N–H and O–H groups in total. The summed E-state index contributed by atoms with van der Waals surface area (Å²) in [6.45, 7) is 6.00. The molecule has 2 aliphatic rings. The maximum Gasteiger partial charge on any atom is 0.326 e. The first-order valence-corrected chi connectivity index (χ1v) is 19.6. The van der Waals surface area contributed by atoms with Gasteiger partial charge in [0.05, 0.1) is 45.6 Å². The van der Waals surface area contributed by atoms with Crippen LogP contribution < -0.4 is 14.8 Å². The molecule has 1 fully saturated rings. The van der Waals surface area contributed by atoms with Gasteiger partial charge in [-0.05, 0) is 55.3 Å². The summed E-state index contributed by atoms with van der Waals surface area (Å²) >= 11 is 12.6. The minimum Gasteiger partial charge on any atom is -0.495 e. The largest absolute Gasteiger partial charge is 0.495 e. The molecule has 14 nitrogen and oxygen atoms in total. The first kappa shape index (κ1) is 41.2. The van der Waals surface area contributed by atoms with Gasteiger partial charge >= 0.3 is 6.03 Å². The highest BCUT2D eigenvalue weighted by Gasteiger charge is 2.45. The highest BCUT2D eigenvalue weighted by Crippen LogP contribution is 2.46. The quantitative estimate of drug-likeness (QED) is 0.223. The molecule has 0 spiro atoms. The highest BCUT2D eigenvalue weighted by molar-refractivity contribution is 7.89. The Kier molecular flexibility index (Phi) is 13.8. The second-order valence-corrected chi connectivity index (χ2v) is 15.6. The lowest BCUT2D eigenvalue weighted by Crippen LogP contribution is -2.55. The van der Waals surface area contributed by atoms with Crippen molar-refractivity contribution in [2.45, 2.75) is 36.9 Å². The van der Waals surface area contributed by atoms with Crippen LogP contribution in [-0.4, -0.2) is 126 Å². The van der Waals surface area contributed by atoms with Gasteiger partial charge in [-0.3, -0.25) is 24.4 Å². The molecule has 0 aliphatic carbocycles. The average Bonchev–Trinajstić information content (AvgIpc) is 3.55. The van der Waals surface area contributed by atoms with E-state index in [0.29, 0.717) is 42.8 Å². The third-order valence-electron chi connectivity index (χ3n) is 9.21. The Morgan fingerprint density at radius 1 is 0.944 bits per heavy atom. The number of hydrogen-bond acceptors (Lipinski definition) is 10. The SMILES string of the molecule is CCOc1cc(OC)c(S(=O)(=O)N(C)OC)cc1C1=N[C@@H](c2ccc(Cl)cc2)[C@@H](c2ccc(Cl)cc2)N1C(=O)N1CCN(CC(=O)NC(C)COC)CC1. The fourth-order valence-electron chi connectivity index (χ4n) is 6.51. The number of hydrogen-bond donors (Lipinski definition) is 1. The normalized spacial score (nSPS) is 18.4. The second kappa shape index (κ2) is 18.1. The average molecular weight is 806 g/mol. The van der Waals surface area contributed by atoms with Crippen LogP contribution in [0.15, 0.2) is 70.6 Å². The molecule has 0 radical (unpaired) electrons. The maximum absolute atomic E-state index is 15.0. The lowest BCUT2D eigenvalue weighted by molar-refractivity contribution is -0.123. The number of ether oxygens (including phenoxy) is 3. The number of nitrogens with one attached hydrogen (secondary N) is 1. The number of amides is 3. The Balaban J connectivity index is 1.62. The number of nitrogens with zero attached hydrogens (tertiary/aromatic N) is 5. The minimum atomic E-state index is -4.25. The Labute approximate surface area is 326 Å². The number of hydroxylamine groups is 1. The lowest BCUT2D eigenvalue weighted by Gasteiger charge is -2.39. The van der Waals surface area contributed by atoms with Crippen molar-refractivity contribution in [1.29, 1.82) is 0 Å². The molecule has 3 amide bonds. The van der Waals surface area contributed by atoms with Crippen molar-refractivity contribution in [2.24, 2.45) is 4.99 Å². The number of carbonyl (C=O) groups is 2. The highest BCUT2D eigenvalue weighted by atomic mass is 35.5. The number of carbonyl (C=O) groups excluding carboxylic acids is 2. The summed E-state index contributed by atoms with van der Waals surface area (Å²) in [6, 6.07) is 15.4. The summed E-state index contributed by atoms with van der Waals surface area (Å²) in [4.78, 5) is 43.1. The predicted molar refractivity (Wildman–Crippen MR) is 206 cm³/mol. The van der Waals surface area contributed by atoms with Gasteiger partial charge in [-0.25, -0.2) is 13.2 Å². The molecule has 292 valence electrons. The van der Waals surface area contributed by atoms with E-state index in [0.717, 1.165) is 15.6 Å². The van der Waals surface area contributed by atoms with Crippen LogP contribution >= 0.6 is 23.2 Å². The molecule has 3 aromatic carbocycles. The van der Waals surface area contributed by atoms with Crippen molar-refractivity contribution in [2.75, 3.05) is 74.3 Å². The number of methoxy groups -OCH3 is 2. The Morgan fingerprint density at radius 2 is 1.56 bits per heavy atom. The van der Waals surface area contributed by atoms with Crippen molar-refractivity contribution >= 4 is 51.0 Å². The smallest absolute Gasteiger partial charge is 0.326 e. The van der Waals surface area contributed by atoms with E-state index in [-0.39, 0.29) is 58.9 Å². The monoisotopic (exact) mass is 804 g/mol. The number of benzene rings is 3. The first-order valence-electron chi connectivity index (χ1n) is 17.4. The molecule has 3 atom stereocenters. The van der Waals surface area contributed by atoms with Crippen molar-refractivity contribution in [3.8, 4) is 11.5 Å². The van der Waals surface area contributed by atoms with Crippen LogP contribution in [0.5, 0.6) is 11.5 Å². The Morgan fingerprint density at radius 3 is 2.11 bits per heavy atom. The van der Waals surface area contributed by atoms with Gasteiger partial charge in [0, 0.05) is 62.5 Å². The van der Waals surface area contributed by atoms with Crippen LogP contribution in [0, 0.1) is 0 Å². The van der Waals surface area contributed by atoms with Gasteiger partial charge in [-0.15, -0.1) is 0 Å². The van der Waals surface area contributed by atoms with Crippen LogP contribution in [0.25, 0.3) is 0 Å². The molecule has 1 saturated heterocycles. The van der Waals surface area contributed by atoms with Gasteiger partial charge in [-0.1, -0.05) is 51.9 Å². The molecule has 0 saturated carbocycles. The molecule has 0 aromatic heterocycles. The topological polar surface area (TPSA) is 143 Å². The van der Waals surface area contributed by atoms with Gasteiger partial charge in [0.15, 0.2) is 0 Å². The van der Waals surface area contributed by atoms with E-state index >= 15 is 4.79 Å². The maximum atomic E-state index is 15.0. The molecule has 5 rings (SSSR count). The lowest BCUT2D eigenvalue weighted by atomic mass is 9.93. The predicted octanol–water partition coefficient (Wildman–Crippen LogP) is 5.02. The van der Waals surface area contributed by atoms with E-state index in [1.165, 1.54) is 33.4 Å².